The van der Waals surface area contributed by atoms with Gasteiger partial charge in [-0.3, -0.25) is 9.59 Å². The van der Waals surface area contributed by atoms with E-state index in [0.717, 1.165) is 43.4 Å². The first kappa shape index (κ1) is 17.5. The number of likely N-dealkylation sites (tertiary alicyclic amines) is 1. The van der Waals surface area contributed by atoms with Crippen molar-refractivity contribution in [1.29, 1.82) is 0 Å². The summed E-state index contributed by atoms with van der Waals surface area (Å²) in [5, 5.41) is 0.809. The number of aromatic nitrogens is 1. The first-order valence-electron chi connectivity index (χ1n) is 9.46. The van der Waals surface area contributed by atoms with Gasteiger partial charge in [-0.25, -0.2) is 0 Å². The molecule has 3 aliphatic rings. The third-order valence-electron chi connectivity index (χ3n) is 5.73. The summed E-state index contributed by atoms with van der Waals surface area (Å²) < 4.78 is 1.93. The fourth-order valence-electron chi connectivity index (χ4n) is 4.47. The lowest BCUT2D eigenvalue weighted by Crippen LogP contribution is -2.49. The lowest BCUT2D eigenvalue weighted by Gasteiger charge is -2.42. The summed E-state index contributed by atoms with van der Waals surface area (Å²) in [5.41, 5.74) is 1.23. The van der Waals surface area contributed by atoms with Gasteiger partial charge >= 0.3 is 0 Å². The second-order valence-corrected chi connectivity index (χ2v) is 10.4. The SMILES string of the molecule is O=C(CCCC[C@H]1CCSS1)N1C[C@@H]2C[C@H](C1)c1cccc(=O)n1C2. The van der Waals surface area contributed by atoms with Crippen molar-refractivity contribution in [3.8, 4) is 0 Å². The highest BCUT2D eigenvalue weighted by Gasteiger charge is 2.35. The monoisotopic (exact) mass is 378 g/mol. The summed E-state index contributed by atoms with van der Waals surface area (Å²) in [6.45, 7) is 2.38. The minimum Gasteiger partial charge on any atom is -0.342 e. The van der Waals surface area contributed by atoms with Gasteiger partial charge in [0, 0.05) is 54.7 Å². The Morgan fingerprint density at radius 1 is 1.20 bits per heavy atom. The Kier molecular flexibility index (Phi) is 5.46. The van der Waals surface area contributed by atoms with Crippen LogP contribution in [0.3, 0.4) is 0 Å². The van der Waals surface area contributed by atoms with Gasteiger partial charge in [0.05, 0.1) is 0 Å². The highest BCUT2D eigenvalue weighted by atomic mass is 33.1. The quantitative estimate of drug-likeness (QED) is 0.581. The topological polar surface area (TPSA) is 42.3 Å². The summed E-state index contributed by atoms with van der Waals surface area (Å²) in [5.74, 6) is 2.37. The van der Waals surface area contributed by atoms with E-state index in [9.17, 15) is 9.59 Å². The number of hydrogen-bond donors (Lipinski definition) is 0. The molecule has 4 rings (SSSR count). The molecule has 0 unspecified atom stereocenters. The molecule has 25 heavy (non-hydrogen) atoms. The molecular formula is C19H26N2O2S2. The number of pyridine rings is 1. The Bertz CT molecular complexity index is 684. The lowest BCUT2D eigenvalue weighted by molar-refractivity contribution is -0.134. The van der Waals surface area contributed by atoms with Gasteiger partial charge in [0.25, 0.3) is 5.56 Å². The predicted octanol–water partition coefficient (Wildman–Crippen LogP) is 3.51. The van der Waals surface area contributed by atoms with E-state index >= 15 is 0 Å². The maximum Gasteiger partial charge on any atom is 0.250 e. The number of fused-ring (bicyclic) bond motifs is 4. The molecule has 136 valence electrons. The van der Waals surface area contributed by atoms with E-state index in [2.05, 4.69) is 11.0 Å². The molecular weight excluding hydrogens is 352 g/mol. The van der Waals surface area contributed by atoms with Gasteiger partial charge in [-0.15, -0.1) is 0 Å². The zero-order valence-corrected chi connectivity index (χ0v) is 16.2. The van der Waals surface area contributed by atoms with E-state index in [0.29, 0.717) is 24.2 Å². The molecule has 1 aromatic heterocycles. The minimum atomic E-state index is 0.106. The van der Waals surface area contributed by atoms with Gasteiger partial charge in [-0.05, 0) is 37.7 Å². The van der Waals surface area contributed by atoms with Crippen molar-refractivity contribution in [1.82, 2.24) is 9.47 Å². The number of hydrogen-bond acceptors (Lipinski definition) is 4. The molecule has 6 heteroatoms. The number of piperidine rings is 1. The molecule has 2 fully saturated rings. The van der Waals surface area contributed by atoms with Crippen LogP contribution in [0.5, 0.6) is 0 Å². The summed E-state index contributed by atoms with van der Waals surface area (Å²) >= 11 is 0. The van der Waals surface area contributed by atoms with Crippen LogP contribution in [0, 0.1) is 5.92 Å². The zero-order chi connectivity index (χ0) is 17.2. The standard InChI is InChI=1S/C19H26N2O2S2/c22-18(6-2-1-4-16-8-9-24-25-16)20-11-14-10-15(13-20)17-5-3-7-19(23)21(17)12-14/h3,5,7,14-16H,1-2,4,6,8-13H2/t14-,15+,16-/m0/s1. The maximum absolute atomic E-state index is 12.7. The first-order chi connectivity index (χ1) is 12.2. The Balaban J connectivity index is 1.30. The van der Waals surface area contributed by atoms with Crippen LogP contribution in [0.2, 0.25) is 0 Å². The second kappa shape index (κ2) is 7.78. The van der Waals surface area contributed by atoms with Gasteiger partial charge in [-0.2, -0.15) is 0 Å². The fourth-order valence-corrected chi connectivity index (χ4v) is 7.50. The molecule has 0 aromatic carbocycles. The van der Waals surface area contributed by atoms with E-state index in [1.54, 1.807) is 6.07 Å². The molecule has 0 spiro atoms. The molecule has 4 nitrogen and oxygen atoms in total. The van der Waals surface area contributed by atoms with E-state index in [1.807, 2.05) is 32.2 Å². The zero-order valence-electron chi connectivity index (χ0n) is 14.6. The molecule has 0 radical (unpaired) electrons. The molecule has 2 bridgehead atoms. The van der Waals surface area contributed by atoms with Crippen LogP contribution in [-0.4, -0.2) is 39.5 Å². The van der Waals surface area contributed by atoms with Crippen molar-refractivity contribution in [2.24, 2.45) is 5.92 Å². The number of carbonyl (C=O) groups is 1. The Labute approximate surface area is 157 Å². The number of nitrogens with zero attached hydrogens (tertiary/aromatic N) is 2. The van der Waals surface area contributed by atoms with E-state index in [4.69, 9.17) is 0 Å². The van der Waals surface area contributed by atoms with Crippen LogP contribution in [0.25, 0.3) is 0 Å². The van der Waals surface area contributed by atoms with Crippen molar-refractivity contribution in [3.05, 3.63) is 34.2 Å². The molecule has 0 aliphatic carbocycles. The summed E-state index contributed by atoms with van der Waals surface area (Å²) in [7, 11) is 4.02. The van der Waals surface area contributed by atoms with Gasteiger partial charge in [0.15, 0.2) is 0 Å². The maximum atomic E-state index is 12.7. The van der Waals surface area contributed by atoms with Crippen molar-refractivity contribution in [2.75, 3.05) is 18.8 Å². The average molecular weight is 379 g/mol. The van der Waals surface area contributed by atoms with Crippen molar-refractivity contribution in [2.45, 2.75) is 56.2 Å². The number of carbonyl (C=O) groups excluding carboxylic acids is 1. The Morgan fingerprint density at radius 2 is 2.12 bits per heavy atom. The van der Waals surface area contributed by atoms with Crippen LogP contribution in [0.1, 0.15) is 50.1 Å². The van der Waals surface area contributed by atoms with E-state index in [1.165, 1.54) is 25.0 Å². The number of rotatable bonds is 5. The average Bonchev–Trinajstić information content (AvgIpc) is 3.13. The molecule has 1 amide bonds. The van der Waals surface area contributed by atoms with Crippen molar-refractivity contribution >= 4 is 27.5 Å². The van der Waals surface area contributed by atoms with E-state index in [-0.39, 0.29) is 5.56 Å². The van der Waals surface area contributed by atoms with Gasteiger partial charge < -0.3 is 9.47 Å². The van der Waals surface area contributed by atoms with Crippen LogP contribution < -0.4 is 5.56 Å². The largest absolute Gasteiger partial charge is 0.342 e. The first-order valence-corrected chi connectivity index (χ1v) is 11.8. The van der Waals surface area contributed by atoms with E-state index < -0.39 is 0 Å². The van der Waals surface area contributed by atoms with Gasteiger partial charge in [0.1, 0.15) is 0 Å². The molecule has 0 saturated carbocycles. The molecule has 4 heterocycles. The van der Waals surface area contributed by atoms with Crippen LogP contribution in [-0.2, 0) is 11.3 Å². The number of unbranched alkanes of at least 4 members (excludes halogenated alkanes) is 1. The highest BCUT2D eigenvalue weighted by Crippen LogP contribution is 2.40. The van der Waals surface area contributed by atoms with Crippen LogP contribution in [0.15, 0.2) is 23.0 Å². The van der Waals surface area contributed by atoms with Crippen molar-refractivity contribution < 1.29 is 4.79 Å². The van der Waals surface area contributed by atoms with Crippen LogP contribution in [0.4, 0.5) is 0 Å². The second-order valence-electron chi connectivity index (χ2n) is 7.57. The summed E-state index contributed by atoms with van der Waals surface area (Å²) in [6, 6.07) is 5.57. The normalized spacial score (nSPS) is 28.0. The fraction of sp³-hybridized carbons (Fsp3) is 0.684. The predicted molar refractivity (Wildman–Crippen MR) is 105 cm³/mol. The molecule has 1 aromatic rings. The number of amides is 1. The van der Waals surface area contributed by atoms with Crippen LogP contribution >= 0.6 is 21.6 Å². The smallest absolute Gasteiger partial charge is 0.250 e. The molecule has 2 saturated heterocycles. The Morgan fingerprint density at radius 3 is 2.96 bits per heavy atom. The Hall–Kier alpha value is -0.880. The summed E-state index contributed by atoms with van der Waals surface area (Å²) in [6.07, 6.45) is 6.57. The molecule has 3 aliphatic heterocycles. The molecule has 0 N–H and O–H groups in total. The minimum absolute atomic E-state index is 0.106. The van der Waals surface area contributed by atoms with Crippen molar-refractivity contribution in [3.63, 3.8) is 0 Å². The third kappa shape index (κ3) is 3.95. The van der Waals surface area contributed by atoms with Gasteiger partial charge in [0.2, 0.25) is 5.91 Å². The molecule has 3 atom stereocenters. The highest BCUT2D eigenvalue weighted by molar-refractivity contribution is 8.77. The lowest BCUT2D eigenvalue weighted by atomic mass is 9.83. The van der Waals surface area contributed by atoms with Gasteiger partial charge in [-0.1, -0.05) is 34.1 Å². The third-order valence-corrected chi connectivity index (χ3v) is 8.73. The summed E-state index contributed by atoms with van der Waals surface area (Å²) in [4.78, 5) is 26.8.